The minimum Gasteiger partial charge on any atom is -0.363 e. The van der Waals surface area contributed by atoms with E-state index in [-0.39, 0.29) is 11.9 Å². The molecule has 0 saturated carbocycles. The second-order valence-electron chi connectivity index (χ2n) is 5.32. The lowest BCUT2D eigenvalue weighted by Crippen LogP contribution is -2.36. The van der Waals surface area contributed by atoms with Crippen LogP contribution >= 0.6 is 0 Å². The summed E-state index contributed by atoms with van der Waals surface area (Å²) in [6.07, 6.45) is 1.92. The van der Waals surface area contributed by atoms with Gasteiger partial charge in [-0.05, 0) is 24.0 Å². The normalized spacial score (nSPS) is 18.5. The van der Waals surface area contributed by atoms with E-state index in [1.165, 1.54) is 5.56 Å². The maximum absolute atomic E-state index is 12.6. The van der Waals surface area contributed by atoms with Crippen molar-refractivity contribution in [2.24, 2.45) is 0 Å². The van der Waals surface area contributed by atoms with E-state index in [0.717, 1.165) is 24.8 Å². The minimum atomic E-state index is -0.573. The first-order valence-corrected chi connectivity index (χ1v) is 7.52. The Kier molecular flexibility index (Phi) is 4.43. The van der Waals surface area contributed by atoms with Crippen molar-refractivity contribution >= 4 is 5.91 Å². The Morgan fingerprint density at radius 2 is 2.36 bits per heavy atom. The molecule has 1 aromatic carbocycles. The average molecular weight is 301 g/mol. The van der Waals surface area contributed by atoms with Gasteiger partial charge >= 0.3 is 0 Å². The predicted octanol–water partition coefficient (Wildman–Crippen LogP) is 1.47. The van der Waals surface area contributed by atoms with Gasteiger partial charge in [0.15, 0.2) is 11.9 Å². The average Bonchev–Trinajstić information content (AvgIpc) is 3.08. The van der Waals surface area contributed by atoms with Crippen LogP contribution in [0.25, 0.3) is 0 Å². The van der Waals surface area contributed by atoms with E-state index in [1.807, 2.05) is 31.2 Å². The monoisotopic (exact) mass is 301 g/mol. The fraction of sp³-hybridized carbons (Fsp3) is 0.467. The van der Waals surface area contributed by atoms with Crippen LogP contribution in [-0.2, 0) is 16.0 Å². The summed E-state index contributed by atoms with van der Waals surface area (Å²) in [7, 11) is 0. The molecule has 0 saturated heterocycles. The highest BCUT2D eigenvalue weighted by atomic mass is 16.5. The zero-order valence-electron chi connectivity index (χ0n) is 12.5. The summed E-state index contributed by atoms with van der Waals surface area (Å²) in [5.41, 5.74) is 2.11. The van der Waals surface area contributed by atoms with Crippen LogP contribution < -0.4 is 5.32 Å². The fourth-order valence-corrected chi connectivity index (χ4v) is 2.73. The summed E-state index contributed by atoms with van der Waals surface area (Å²) in [4.78, 5) is 12.6. The number of H-pyrrole nitrogens is 1. The van der Waals surface area contributed by atoms with Crippen LogP contribution in [0, 0.1) is 0 Å². The highest BCUT2D eigenvalue weighted by molar-refractivity contribution is 5.83. The molecule has 1 aliphatic heterocycles. The van der Waals surface area contributed by atoms with Crippen LogP contribution in [-0.4, -0.2) is 33.1 Å². The van der Waals surface area contributed by atoms with Gasteiger partial charge in [-0.1, -0.05) is 42.8 Å². The van der Waals surface area contributed by atoms with Gasteiger partial charge in [0.1, 0.15) is 0 Å². The first-order chi connectivity index (χ1) is 10.8. The number of fused-ring (bicyclic) bond motifs is 1. The highest BCUT2D eigenvalue weighted by Crippen LogP contribution is 2.28. The lowest BCUT2D eigenvalue weighted by Gasteiger charge is -2.26. The molecular formula is C15H19N5O2. The van der Waals surface area contributed by atoms with E-state index in [0.29, 0.717) is 12.4 Å². The zero-order chi connectivity index (χ0) is 15.4. The Bertz CT molecular complexity index is 629. The molecule has 0 fully saturated rings. The van der Waals surface area contributed by atoms with E-state index in [9.17, 15) is 4.79 Å². The number of benzene rings is 1. The van der Waals surface area contributed by atoms with E-state index < -0.39 is 6.10 Å². The number of amides is 1. The second kappa shape index (κ2) is 6.65. The SMILES string of the molecule is CCC[C@H](NC(=O)[C@H]1OCCc2ccccc21)c1nn[nH]n1. The summed E-state index contributed by atoms with van der Waals surface area (Å²) in [6, 6.07) is 7.64. The van der Waals surface area contributed by atoms with Gasteiger partial charge < -0.3 is 10.1 Å². The minimum absolute atomic E-state index is 0.157. The molecule has 7 nitrogen and oxygen atoms in total. The quantitative estimate of drug-likeness (QED) is 0.872. The number of tetrazole rings is 1. The van der Waals surface area contributed by atoms with E-state index in [2.05, 4.69) is 25.9 Å². The first kappa shape index (κ1) is 14.6. The van der Waals surface area contributed by atoms with Gasteiger partial charge in [-0.15, -0.1) is 10.2 Å². The van der Waals surface area contributed by atoms with Gasteiger partial charge in [-0.25, -0.2) is 0 Å². The molecule has 0 spiro atoms. The molecular weight excluding hydrogens is 282 g/mol. The fourth-order valence-electron chi connectivity index (χ4n) is 2.73. The maximum atomic E-state index is 12.6. The molecule has 7 heteroatoms. The number of ether oxygens (including phenoxy) is 1. The Labute approximate surface area is 128 Å². The number of hydrogen-bond donors (Lipinski definition) is 2. The van der Waals surface area contributed by atoms with Crippen molar-refractivity contribution in [3.63, 3.8) is 0 Å². The number of aromatic amines is 1. The molecule has 2 heterocycles. The smallest absolute Gasteiger partial charge is 0.254 e. The Hall–Kier alpha value is -2.28. The standard InChI is InChI=1S/C15H19N5O2/c1-2-5-12(14-17-19-20-18-14)16-15(21)13-11-7-4-3-6-10(11)8-9-22-13/h3-4,6-7,12-13H,2,5,8-9H2,1H3,(H,16,21)(H,17,18,19,20)/t12-,13-/m0/s1. The molecule has 0 aliphatic carbocycles. The van der Waals surface area contributed by atoms with Gasteiger partial charge in [-0.2, -0.15) is 5.21 Å². The van der Waals surface area contributed by atoms with Crippen molar-refractivity contribution in [1.82, 2.24) is 25.9 Å². The lowest BCUT2D eigenvalue weighted by atomic mass is 9.97. The molecule has 1 aliphatic rings. The Balaban J connectivity index is 1.77. The molecule has 22 heavy (non-hydrogen) atoms. The molecule has 1 amide bonds. The number of hydrogen-bond acceptors (Lipinski definition) is 5. The van der Waals surface area contributed by atoms with Crippen molar-refractivity contribution in [1.29, 1.82) is 0 Å². The summed E-state index contributed by atoms with van der Waals surface area (Å²) in [5, 5.41) is 16.9. The van der Waals surface area contributed by atoms with E-state index in [1.54, 1.807) is 0 Å². The van der Waals surface area contributed by atoms with Gasteiger partial charge in [0.25, 0.3) is 5.91 Å². The molecule has 2 aromatic rings. The number of carbonyl (C=O) groups is 1. The summed E-state index contributed by atoms with van der Waals surface area (Å²) >= 11 is 0. The number of rotatable bonds is 5. The third-order valence-electron chi connectivity index (χ3n) is 3.80. The largest absolute Gasteiger partial charge is 0.363 e. The van der Waals surface area contributed by atoms with Crippen molar-refractivity contribution in [3.8, 4) is 0 Å². The predicted molar refractivity (Wildman–Crippen MR) is 78.8 cm³/mol. The van der Waals surface area contributed by atoms with Gasteiger partial charge in [-0.3, -0.25) is 4.79 Å². The molecule has 0 radical (unpaired) electrons. The summed E-state index contributed by atoms with van der Waals surface area (Å²) in [5.74, 6) is 0.342. The van der Waals surface area contributed by atoms with Crippen molar-refractivity contribution in [2.45, 2.75) is 38.3 Å². The topological polar surface area (TPSA) is 92.8 Å². The number of aromatic nitrogens is 4. The molecule has 2 N–H and O–H groups in total. The first-order valence-electron chi connectivity index (χ1n) is 7.52. The van der Waals surface area contributed by atoms with Crippen LogP contribution in [0.3, 0.4) is 0 Å². The molecule has 116 valence electrons. The Morgan fingerprint density at radius 3 is 3.14 bits per heavy atom. The number of nitrogens with zero attached hydrogens (tertiary/aromatic N) is 3. The summed E-state index contributed by atoms with van der Waals surface area (Å²) in [6.45, 7) is 2.60. The third-order valence-corrected chi connectivity index (χ3v) is 3.80. The molecule has 2 atom stereocenters. The van der Waals surface area contributed by atoms with Crippen LogP contribution in [0.5, 0.6) is 0 Å². The summed E-state index contributed by atoms with van der Waals surface area (Å²) < 4.78 is 5.69. The highest BCUT2D eigenvalue weighted by Gasteiger charge is 2.29. The van der Waals surface area contributed by atoms with Crippen molar-refractivity contribution in [3.05, 3.63) is 41.2 Å². The molecule has 0 bridgehead atoms. The number of carbonyl (C=O) groups excluding carboxylic acids is 1. The maximum Gasteiger partial charge on any atom is 0.254 e. The second-order valence-corrected chi connectivity index (χ2v) is 5.32. The Morgan fingerprint density at radius 1 is 1.50 bits per heavy atom. The van der Waals surface area contributed by atoms with Crippen LogP contribution in [0.15, 0.2) is 24.3 Å². The van der Waals surface area contributed by atoms with E-state index in [4.69, 9.17) is 4.74 Å². The van der Waals surface area contributed by atoms with Gasteiger partial charge in [0.2, 0.25) is 0 Å². The van der Waals surface area contributed by atoms with Crippen molar-refractivity contribution < 1.29 is 9.53 Å². The van der Waals surface area contributed by atoms with Crippen molar-refractivity contribution in [2.75, 3.05) is 6.61 Å². The number of nitrogens with one attached hydrogen (secondary N) is 2. The molecule has 0 unspecified atom stereocenters. The third kappa shape index (κ3) is 2.99. The lowest BCUT2D eigenvalue weighted by molar-refractivity contribution is -0.135. The molecule has 3 rings (SSSR count). The van der Waals surface area contributed by atoms with Gasteiger partial charge in [0, 0.05) is 0 Å². The van der Waals surface area contributed by atoms with Crippen LogP contribution in [0.4, 0.5) is 0 Å². The van der Waals surface area contributed by atoms with Gasteiger partial charge in [0.05, 0.1) is 12.6 Å². The van der Waals surface area contributed by atoms with Crippen LogP contribution in [0.1, 0.15) is 48.9 Å². The van der Waals surface area contributed by atoms with Crippen LogP contribution in [0.2, 0.25) is 0 Å². The van der Waals surface area contributed by atoms with E-state index >= 15 is 0 Å². The molecule has 1 aromatic heterocycles. The zero-order valence-corrected chi connectivity index (χ0v) is 12.5.